The van der Waals surface area contributed by atoms with Gasteiger partial charge in [-0.25, -0.2) is 0 Å². The van der Waals surface area contributed by atoms with Crippen LogP contribution in [0.1, 0.15) is 39.0 Å². The Bertz CT molecular complexity index is 219. The molecule has 0 aromatic carbocycles. The summed E-state index contributed by atoms with van der Waals surface area (Å²) in [4.78, 5) is 11.3. The normalized spacial score (nSPS) is 13.5. The lowest BCUT2D eigenvalue weighted by molar-refractivity contribution is -0.140. The maximum absolute atomic E-state index is 11.9. The van der Waals surface area contributed by atoms with Gasteiger partial charge in [-0.2, -0.15) is 13.2 Å². The molecule has 0 N–H and O–H groups in total. The van der Waals surface area contributed by atoms with E-state index in [0.717, 1.165) is 6.42 Å². The zero-order valence-corrected chi connectivity index (χ0v) is 11.0. The van der Waals surface area contributed by atoms with Gasteiger partial charge in [0.15, 0.2) is 0 Å². The number of hydrogen-bond donors (Lipinski definition) is 0. The second-order valence-corrected chi connectivity index (χ2v) is 5.05. The smallest absolute Gasteiger partial charge is 0.389 e. The van der Waals surface area contributed by atoms with Crippen LogP contribution in [0, 0.1) is 0 Å². The number of alkyl halides is 3. The summed E-state index contributed by atoms with van der Waals surface area (Å²) >= 11 is 1.39. The molecule has 0 aliphatic rings. The lowest BCUT2D eigenvalue weighted by Gasteiger charge is -2.13. The summed E-state index contributed by atoms with van der Waals surface area (Å²) < 4.78 is 40.2. The summed E-state index contributed by atoms with van der Waals surface area (Å²) in [6.45, 7) is 1.96. The molecule has 0 heterocycles. The Morgan fingerprint density at radius 2 is 2.00 bits per heavy atom. The monoisotopic (exact) mass is 272 g/mol. The molecule has 1 unspecified atom stereocenters. The van der Waals surface area contributed by atoms with Gasteiger partial charge < -0.3 is 4.74 Å². The van der Waals surface area contributed by atoms with Gasteiger partial charge in [-0.3, -0.25) is 4.79 Å². The zero-order valence-electron chi connectivity index (χ0n) is 10.2. The largest absolute Gasteiger partial charge is 0.468 e. The van der Waals surface area contributed by atoms with Gasteiger partial charge in [0.2, 0.25) is 0 Å². The number of methoxy groups -OCH3 is 1. The van der Waals surface area contributed by atoms with Crippen LogP contribution in [0.3, 0.4) is 0 Å². The van der Waals surface area contributed by atoms with Crippen molar-refractivity contribution in [2.24, 2.45) is 0 Å². The number of carbonyl (C=O) groups excluding carboxylic acids is 1. The van der Waals surface area contributed by atoms with Crippen molar-refractivity contribution >= 4 is 17.7 Å². The Morgan fingerprint density at radius 1 is 1.35 bits per heavy atom. The van der Waals surface area contributed by atoms with Crippen molar-refractivity contribution in [2.45, 2.75) is 50.5 Å². The van der Waals surface area contributed by atoms with Gasteiger partial charge in [-0.1, -0.05) is 13.3 Å². The van der Waals surface area contributed by atoms with Crippen LogP contribution in [-0.4, -0.2) is 30.3 Å². The number of halogens is 3. The maximum Gasteiger partial charge on any atom is 0.389 e. The number of rotatable bonds is 8. The van der Waals surface area contributed by atoms with Crippen molar-refractivity contribution < 1.29 is 22.7 Å². The first kappa shape index (κ1) is 16.6. The molecular formula is C11H19F3O2S. The van der Waals surface area contributed by atoms with Gasteiger partial charge in [-0.05, 0) is 25.0 Å². The Morgan fingerprint density at radius 3 is 2.47 bits per heavy atom. The molecule has 0 aromatic rings. The molecule has 0 saturated carbocycles. The average molecular weight is 272 g/mol. The van der Waals surface area contributed by atoms with Crippen molar-refractivity contribution in [3.05, 3.63) is 0 Å². The molecule has 2 nitrogen and oxygen atoms in total. The molecule has 0 radical (unpaired) electrons. The van der Waals surface area contributed by atoms with Gasteiger partial charge in [0.25, 0.3) is 0 Å². The third kappa shape index (κ3) is 9.32. The highest BCUT2D eigenvalue weighted by molar-refractivity contribution is 8.00. The number of ether oxygens (including phenoxy) is 1. The van der Waals surface area contributed by atoms with Crippen LogP contribution in [0.2, 0.25) is 0 Å². The third-order valence-electron chi connectivity index (χ3n) is 2.19. The van der Waals surface area contributed by atoms with Crippen LogP contribution in [0.5, 0.6) is 0 Å². The van der Waals surface area contributed by atoms with Crippen LogP contribution < -0.4 is 0 Å². The van der Waals surface area contributed by atoms with Crippen LogP contribution in [0.15, 0.2) is 0 Å². The summed E-state index contributed by atoms with van der Waals surface area (Å²) in [6.07, 6.45) is -2.66. The third-order valence-corrected chi connectivity index (χ3v) is 3.54. The van der Waals surface area contributed by atoms with Crippen molar-refractivity contribution in [2.75, 3.05) is 12.9 Å². The molecule has 0 amide bonds. The highest BCUT2D eigenvalue weighted by Gasteiger charge is 2.26. The molecule has 0 aromatic heterocycles. The molecule has 17 heavy (non-hydrogen) atoms. The van der Waals surface area contributed by atoms with E-state index in [0.29, 0.717) is 18.6 Å². The van der Waals surface area contributed by atoms with E-state index < -0.39 is 12.6 Å². The molecule has 0 rings (SSSR count). The number of hydrogen-bond acceptors (Lipinski definition) is 3. The molecule has 0 saturated heterocycles. The molecule has 0 aliphatic carbocycles. The molecule has 0 bridgehead atoms. The SMILES string of the molecule is CCCC(SCCCCC(F)(F)F)C(=O)OC. The molecule has 0 fully saturated rings. The van der Waals surface area contributed by atoms with Gasteiger partial charge in [0.05, 0.1) is 7.11 Å². The van der Waals surface area contributed by atoms with Crippen molar-refractivity contribution in [3.8, 4) is 0 Å². The van der Waals surface area contributed by atoms with Crippen LogP contribution in [-0.2, 0) is 9.53 Å². The fraction of sp³-hybridized carbons (Fsp3) is 0.909. The fourth-order valence-electron chi connectivity index (χ4n) is 1.32. The summed E-state index contributed by atoms with van der Waals surface area (Å²) in [5.41, 5.74) is 0. The van der Waals surface area contributed by atoms with E-state index in [4.69, 9.17) is 0 Å². The predicted octanol–water partition coefficient (Wildman–Crippen LogP) is 3.79. The molecule has 0 spiro atoms. The van der Waals surface area contributed by atoms with Crippen LogP contribution >= 0.6 is 11.8 Å². The zero-order chi connectivity index (χ0) is 13.3. The predicted molar refractivity (Wildman–Crippen MR) is 63.1 cm³/mol. The first-order chi connectivity index (χ1) is 7.90. The maximum atomic E-state index is 11.9. The number of esters is 1. The van der Waals surface area contributed by atoms with Gasteiger partial charge in [-0.15, -0.1) is 11.8 Å². The van der Waals surface area contributed by atoms with Crippen molar-refractivity contribution in [3.63, 3.8) is 0 Å². The minimum atomic E-state index is -4.07. The summed E-state index contributed by atoms with van der Waals surface area (Å²) in [5, 5.41) is -0.240. The van der Waals surface area contributed by atoms with Crippen molar-refractivity contribution in [1.29, 1.82) is 0 Å². The van der Waals surface area contributed by atoms with Gasteiger partial charge in [0, 0.05) is 6.42 Å². The first-order valence-corrected chi connectivity index (χ1v) is 6.71. The number of unbranched alkanes of at least 4 members (excludes halogenated alkanes) is 1. The summed E-state index contributed by atoms with van der Waals surface area (Å²) in [7, 11) is 1.33. The van der Waals surface area contributed by atoms with E-state index in [1.54, 1.807) is 0 Å². The standard InChI is InChI=1S/C11H19F3O2S/c1-3-6-9(10(15)16-2)17-8-5-4-7-11(12,13)14/h9H,3-8H2,1-2H3. The Balaban J connectivity index is 3.72. The van der Waals surface area contributed by atoms with E-state index in [-0.39, 0.29) is 17.6 Å². The second kappa shape index (κ2) is 8.66. The minimum absolute atomic E-state index is 0.122. The lowest BCUT2D eigenvalue weighted by atomic mass is 10.2. The van der Waals surface area contributed by atoms with Crippen LogP contribution in [0.4, 0.5) is 13.2 Å². The highest BCUT2D eigenvalue weighted by Crippen LogP contribution is 2.24. The molecule has 0 aliphatic heterocycles. The molecule has 1 atom stereocenters. The van der Waals surface area contributed by atoms with Crippen molar-refractivity contribution in [1.82, 2.24) is 0 Å². The Hall–Kier alpha value is -0.390. The van der Waals surface area contributed by atoms with Crippen LogP contribution in [0.25, 0.3) is 0 Å². The van der Waals surface area contributed by atoms with E-state index in [2.05, 4.69) is 4.74 Å². The van der Waals surface area contributed by atoms with Gasteiger partial charge in [0.1, 0.15) is 5.25 Å². The molecule has 102 valence electrons. The minimum Gasteiger partial charge on any atom is -0.468 e. The highest BCUT2D eigenvalue weighted by atomic mass is 32.2. The Kier molecular flexibility index (Phi) is 8.47. The topological polar surface area (TPSA) is 26.3 Å². The average Bonchev–Trinajstić information content (AvgIpc) is 2.24. The van der Waals surface area contributed by atoms with E-state index in [1.165, 1.54) is 18.9 Å². The van der Waals surface area contributed by atoms with E-state index in [1.807, 2.05) is 6.92 Å². The molecular weight excluding hydrogens is 253 g/mol. The first-order valence-electron chi connectivity index (χ1n) is 5.67. The summed E-state index contributed by atoms with van der Waals surface area (Å²) in [5.74, 6) is 0.281. The van der Waals surface area contributed by atoms with E-state index in [9.17, 15) is 18.0 Å². The quantitative estimate of drug-likeness (QED) is 0.496. The fourth-order valence-corrected chi connectivity index (χ4v) is 2.61. The second-order valence-electron chi connectivity index (χ2n) is 3.74. The van der Waals surface area contributed by atoms with Gasteiger partial charge >= 0.3 is 12.1 Å². The lowest BCUT2D eigenvalue weighted by Crippen LogP contribution is -2.19. The Labute approximate surface area is 104 Å². The number of thioether (sulfide) groups is 1. The summed E-state index contributed by atoms with van der Waals surface area (Å²) in [6, 6.07) is 0. The number of carbonyl (C=O) groups is 1. The molecule has 6 heteroatoms. The van der Waals surface area contributed by atoms with E-state index >= 15 is 0 Å².